The summed E-state index contributed by atoms with van der Waals surface area (Å²) < 4.78 is 2.56. The van der Waals surface area contributed by atoms with Crippen LogP contribution >= 0.6 is 0 Å². The largest absolute Gasteiger partial charge is 0.328 e. The van der Waals surface area contributed by atoms with Crippen molar-refractivity contribution >= 4 is 11.0 Å². The summed E-state index contributed by atoms with van der Waals surface area (Å²) in [5, 5.41) is 0. The van der Waals surface area contributed by atoms with Crippen molar-refractivity contribution in [3.8, 4) is 0 Å². The van der Waals surface area contributed by atoms with E-state index >= 15 is 0 Å². The van der Waals surface area contributed by atoms with Crippen molar-refractivity contribution in [2.24, 2.45) is 0 Å². The summed E-state index contributed by atoms with van der Waals surface area (Å²) >= 11 is 0. The first-order valence-corrected chi connectivity index (χ1v) is 11.4. The van der Waals surface area contributed by atoms with Gasteiger partial charge in [-0.15, -0.1) is 0 Å². The normalized spacial score (nSPS) is 15.7. The molecule has 0 saturated heterocycles. The molecule has 1 aliphatic rings. The van der Waals surface area contributed by atoms with E-state index in [4.69, 9.17) is 4.98 Å². The molecule has 1 saturated carbocycles. The molecule has 3 rings (SSSR count). The minimum atomic E-state index is 0.690. The second kappa shape index (κ2) is 10.7. The fraction of sp³-hybridized carbons (Fsp3) is 0.708. The lowest BCUT2D eigenvalue weighted by atomic mass is 9.88. The van der Waals surface area contributed by atoms with E-state index in [9.17, 15) is 0 Å². The summed E-state index contributed by atoms with van der Waals surface area (Å²) in [7, 11) is 0. The van der Waals surface area contributed by atoms with Crippen molar-refractivity contribution in [1.29, 1.82) is 0 Å². The summed E-state index contributed by atoms with van der Waals surface area (Å²) in [6, 6.07) is 8.75. The van der Waals surface area contributed by atoms with Crippen LogP contribution in [0, 0.1) is 0 Å². The molecule has 2 nitrogen and oxygen atoms in total. The van der Waals surface area contributed by atoms with Gasteiger partial charge in [-0.25, -0.2) is 4.98 Å². The molecule has 0 bridgehead atoms. The molecule has 0 aliphatic heterocycles. The van der Waals surface area contributed by atoms with E-state index in [1.807, 2.05) is 0 Å². The van der Waals surface area contributed by atoms with Crippen molar-refractivity contribution < 1.29 is 0 Å². The van der Waals surface area contributed by atoms with Crippen molar-refractivity contribution in [3.05, 3.63) is 30.1 Å². The molecule has 0 atom stereocenters. The van der Waals surface area contributed by atoms with Crippen molar-refractivity contribution in [2.45, 2.75) is 109 Å². The Morgan fingerprint density at radius 1 is 0.846 bits per heavy atom. The highest BCUT2D eigenvalue weighted by molar-refractivity contribution is 5.76. The topological polar surface area (TPSA) is 17.8 Å². The van der Waals surface area contributed by atoms with E-state index in [0.29, 0.717) is 5.92 Å². The van der Waals surface area contributed by atoms with E-state index in [1.165, 1.54) is 107 Å². The van der Waals surface area contributed by atoms with Gasteiger partial charge in [-0.05, 0) is 31.4 Å². The van der Waals surface area contributed by atoms with Crippen LogP contribution in [0.25, 0.3) is 11.0 Å². The molecule has 2 heteroatoms. The quantitative estimate of drug-likeness (QED) is 0.379. The molecular weight excluding hydrogens is 316 g/mol. The van der Waals surface area contributed by atoms with Crippen LogP contribution in [-0.2, 0) is 6.54 Å². The lowest BCUT2D eigenvalue weighted by molar-refractivity contribution is 0.413. The number of benzene rings is 1. The standard InChI is InChI=1S/C24H38N2/c1-2-3-4-5-6-7-8-9-15-20-26-23-19-14-13-18-22(23)25-24(26)21-16-11-10-12-17-21/h13-14,18-19,21H,2-12,15-17,20H2,1H3. The van der Waals surface area contributed by atoms with Gasteiger partial charge in [-0.1, -0.05) is 89.7 Å². The van der Waals surface area contributed by atoms with Crippen LogP contribution < -0.4 is 0 Å². The van der Waals surface area contributed by atoms with Crippen molar-refractivity contribution in [2.75, 3.05) is 0 Å². The van der Waals surface area contributed by atoms with Crippen LogP contribution in [0.1, 0.15) is 109 Å². The molecule has 1 fully saturated rings. The number of hydrogen-bond acceptors (Lipinski definition) is 1. The third kappa shape index (κ3) is 5.34. The van der Waals surface area contributed by atoms with Gasteiger partial charge in [0.25, 0.3) is 0 Å². The predicted molar refractivity (Wildman–Crippen MR) is 113 cm³/mol. The molecule has 0 spiro atoms. The van der Waals surface area contributed by atoms with Gasteiger partial charge in [-0.2, -0.15) is 0 Å². The number of aryl methyl sites for hydroxylation is 1. The first kappa shape index (κ1) is 19.5. The number of rotatable bonds is 11. The van der Waals surface area contributed by atoms with Gasteiger partial charge < -0.3 is 4.57 Å². The molecule has 0 N–H and O–H groups in total. The predicted octanol–water partition coefficient (Wildman–Crippen LogP) is 7.61. The average molecular weight is 355 g/mol. The summed E-state index contributed by atoms with van der Waals surface area (Å²) in [5.74, 6) is 2.07. The second-order valence-corrected chi connectivity index (χ2v) is 8.27. The first-order chi connectivity index (χ1) is 12.9. The van der Waals surface area contributed by atoms with Gasteiger partial charge in [0.05, 0.1) is 11.0 Å². The van der Waals surface area contributed by atoms with Gasteiger partial charge in [-0.3, -0.25) is 0 Å². The highest BCUT2D eigenvalue weighted by atomic mass is 15.1. The lowest BCUT2D eigenvalue weighted by Crippen LogP contribution is -2.12. The van der Waals surface area contributed by atoms with Crippen LogP contribution in [0.3, 0.4) is 0 Å². The van der Waals surface area contributed by atoms with Crippen molar-refractivity contribution in [3.63, 3.8) is 0 Å². The highest BCUT2D eigenvalue weighted by Gasteiger charge is 2.22. The Morgan fingerprint density at radius 2 is 1.50 bits per heavy atom. The molecule has 26 heavy (non-hydrogen) atoms. The SMILES string of the molecule is CCCCCCCCCCCn1c(C2CCCCC2)nc2ccccc21. The van der Waals surface area contributed by atoms with Gasteiger partial charge >= 0.3 is 0 Å². The minimum absolute atomic E-state index is 0.690. The molecule has 144 valence electrons. The third-order valence-corrected chi connectivity index (χ3v) is 6.14. The van der Waals surface area contributed by atoms with E-state index in [-0.39, 0.29) is 0 Å². The molecule has 1 aromatic heterocycles. The van der Waals surface area contributed by atoms with Crippen LogP contribution in [0.15, 0.2) is 24.3 Å². The summed E-state index contributed by atoms with van der Waals surface area (Å²) in [4.78, 5) is 5.06. The molecule has 1 aromatic carbocycles. The minimum Gasteiger partial charge on any atom is -0.328 e. The van der Waals surface area contributed by atoms with Crippen LogP contribution in [0.5, 0.6) is 0 Å². The third-order valence-electron chi connectivity index (χ3n) is 6.14. The van der Waals surface area contributed by atoms with Crippen LogP contribution in [0.4, 0.5) is 0 Å². The van der Waals surface area contributed by atoms with Gasteiger partial charge in [0.1, 0.15) is 5.82 Å². The molecular formula is C24H38N2. The number of para-hydroxylation sites is 2. The Hall–Kier alpha value is -1.31. The molecule has 0 unspecified atom stereocenters. The Kier molecular flexibility index (Phi) is 8.04. The van der Waals surface area contributed by atoms with Gasteiger partial charge in [0.15, 0.2) is 0 Å². The number of aromatic nitrogens is 2. The fourth-order valence-corrected chi connectivity index (χ4v) is 4.58. The van der Waals surface area contributed by atoms with Gasteiger partial charge in [0, 0.05) is 12.5 Å². The zero-order chi connectivity index (χ0) is 18.0. The fourth-order valence-electron chi connectivity index (χ4n) is 4.58. The number of imidazole rings is 1. The number of hydrogen-bond donors (Lipinski definition) is 0. The number of unbranched alkanes of at least 4 members (excludes halogenated alkanes) is 8. The second-order valence-electron chi connectivity index (χ2n) is 8.27. The van der Waals surface area contributed by atoms with Crippen molar-refractivity contribution in [1.82, 2.24) is 9.55 Å². The lowest BCUT2D eigenvalue weighted by Gasteiger charge is -2.22. The maximum Gasteiger partial charge on any atom is 0.112 e. The van der Waals surface area contributed by atoms with E-state index in [1.54, 1.807) is 0 Å². The Bertz CT molecular complexity index is 637. The average Bonchev–Trinajstić information content (AvgIpc) is 3.06. The molecule has 0 amide bonds. The number of nitrogens with zero attached hydrogens (tertiary/aromatic N) is 2. The van der Waals surface area contributed by atoms with Crippen LogP contribution in [-0.4, -0.2) is 9.55 Å². The first-order valence-electron chi connectivity index (χ1n) is 11.4. The smallest absolute Gasteiger partial charge is 0.112 e. The summed E-state index contributed by atoms with van der Waals surface area (Å²) in [5.41, 5.74) is 2.55. The summed E-state index contributed by atoms with van der Waals surface area (Å²) in [6.07, 6.45) is 19.4. The molecule has 1 heterocycles. The zero-order valence-corrected chi connectivity index (χ0v) is 16.9. The van der Waals surface area contributed by atoms with E-state index < -0.39 is 0 Å². The number of fused-ring (bicyclic) bond motifs is 1. The molecule has 2 aromatic rings. The Morgan fingerprint density at radius 3 is 2.23 bits per heavy atom. The van der Waals surface area contributed by atoms with Gasteiger partial charge in [0.2, 0.25) is 0 Å². The highest BCUT2D eigenvalue weighted by Crippen LogP contribution is 2.34. The zero-order valence-electron chi connectivity index (χ0n) is 16.9. The van der Waals surface area contributed by atoms with Crippen LogP contribution in [0.2, 0.25) is 0 Å². The summed E-state index contributed by atoms with van der Waals surface area (Å²) in [6.45, 7) is 3.45. The Balaban J connectivity index is 1.51. The Labute approximate surface area is 160 Å². The molecule has 0 radical (unpaired) electrons. The maximum atomic E-state index is 5.06. The van der Waals surface area contributed by atoms with E-state index in [2.05, 4.69) is 35.8 Å². The molecule has 1 aliphatic carbocycles. The maximum absolute atomic E-state index is 5.06. The monoisotopic (exact) mass is 354 g/mol. The van der Waals surface area contributed by atoms with E-state index in [0.717, 1.165) is 6.54 Å².